The third kappa shape index (κ3) is 2.44. The number of hydrogen-bond acceptors (Lipinski definition) is 3. The first-order valence-corrected chi connectivity index (χ1v) is 6.42. The van der Waals surface area contributed by atoms with Crippen molar-refractivity contribution in [2.24, 2.45) is 5.73 Å². The normalized spacial score (nSPS) is 16.9. The van der Waals surface area contributed by atoms with Crippen molar-refractivity contribution < 1.29 is 9.90 Å². The highest BCUT2D eigenvalue weighted by molar-refractivity contribution is 6.32. The summed E-state index contributed by atoms with van der Waals surface area (Å²) in [5, 5.41) is 9.37. The van der Waals surface area contributed by atoms with Crippen LogP contribution in [-0.4, -0.2) is 24.2 Å². The largest absolute Gasteiger partial charge is 0.480 e. The van der Waals surface area contributed by atoms with Gasteiger partial charge in [0.25, 0.3) is 0 Å². The Balaban J connectivity index is 2.37. The van der Waals surface area contributed by atoms with Crippen LogP contribution in [0.5, 0.6) is 0 Å². The molecule has 1 fully saturated rings. The summed E-state index contributed by atoms with van der Waals surface area (Å²) in [6.07, 6.45) is 2.38. The molecule has 0 radical (unpaired) electrons. The number of anilines is 1. The number of nitrogens with two attached hydrogens (primary N) is 1. The van der Waals surface area contributed by atoms with Gasteiger partial charge in [0.1, 0.15) is 6.04 Å². The number of carbonyl (C=O) groups is 1. The lowest BCUT2D eigenvalue weighted by atomic mass is 10.0. The molecule has 1 atom stereocenters. The molecule has 2 rings (SSSR count). The molecule has 0 bridgehead atoms. The Kier molecular flexibility index (Phi) is 3.78. The molecule has 0 spiro atoms. The summed E-state index contributed by atoms with van der Waals surface area (Å²) in [4.78, 5) is 13.2. The maximum absolute atomic E-state index is 10.9. The lowest BCUT2D eigenvalue weighted by molar-refractivity contribution is -0.138. The lowest BCUT2D eigenvalue weighted by Gasteiger charge is -2.22. The zero-order valence-corrected chi connectivity index (χ0v) is 11.1. The molecule has 18 heavy (non-hydrogen) atoms. The average molecular weight is 269 g/mol. The monoisotopic (exact) mass is 268 g/mol. The topological polar surface area (TPSA) is 66.6 Å². The van der Waals surface area contributed by atoms with Gasteiger partial charge < -0.3 is 15.7 Å². The predicted octanol–water partition coefficient (Wildman–Crippen LogP) is 2.33. The Bertz CT molecular complexity index is 470. The van der Waals surface area contributed by atoms with E-state index < -0.39 is 12.0 Å². The third-order valence-electron chi connectivity index (χ3n) is 3.36. The Morgan fingerprint density at radius 3 is 2.61 bits per heavy atom. The van der Waals surface area contributed by atoms with Crippen molar-refractivity contribution >= 4 is 23.3 Å². The molecule has 0 aromatic heterocycles. The standard InChI is InChI=1S/C13H17ClN2O2/c1-8-6-9(12(15)13(17)18)10(14)7-11(8)16-4-2-3-5-16/h6-7,12H,2-5,15H2,1H3,(H,17,18)/t12-/m0/s1. The van der Waals surface area contributed by atoms with Gasteiger partial charge in [-0.25, -0.2) is 0 Å². The van der Waals surface area contributed by atoms with Crippen molar-refractivity contribution in [2.45, 2.75) is 25.8 Å². The number of halogens is 1. The SMILES string of the molecule is Cc1cc([C@H](N)C(=O)O)c(Cl)cc1N1CCCC1. The highest BCUT2D eigenvalue weighted by atomic mass is 35.5. The summed E-state index contributed by atoms with van der Waals surface area (Å²) >= 11 is 6.15. The summed E-state index contributed by atoms with van der Waals surface area (Å²) in [5.41, 5.74) is 8.19. The van der Waals surface area contributed by atoms with E-state index >= 15 is 0 Å². The van der Waals surface area contributed by atoms with Crippen molar-refractivity contribution in [3.8, 4) is 0 Å². The van der Waals surface area contributed by atoms with Gasteiger partial charge >= 0.3 is 5.97 Å². The molecule has 1 heterocycles. The van der Waals surface area contributed by atoms with Crippen LogP contribution in [-0.2, 0) is 4.79 Å². The molecular formula is C13H17ClN2O2. The molecule has 1 aliphatic heterocycles. The smallest absolute Gasteiger partial charge is 0.325 e. The molecular weight excluding hydrogens is 252 g/mol. The number of aryl methyl sites for hydroxylation is 1. The van der Waals surface area contributed by atoms with E-state index in [9.17, 15) is 4.79 Å². The molecule has 0 saturated carbocycles. The van der Waals surface area contributed by atoms with E-state index in [4.69, 9.17) is 22.4 Å². The third-order valence-corrected chi connectivity index (χ3v) is 3.69. The molecule has 1 aromatic carbocycles. The average Bonchev–Trinajstić information content (AvgIpc) is 2.84. The van der Waals surface area contributed by atoms with Crippen LogP contribution < -0.4 is 10.6 Å². The molecule has 0 unspecified atom stereocenters. The van der Waals surface area contributed by atoms with Crippen molar-refractivity contribution in [3.63, 3.8) is 0 Å². The minimum atomic E-state index is -1.07. The van der Waals surface area contributed by atoms with E-state index in [2.05, 4.69) is 4.90 Å². The second-order valence-electron chi connectivity index (χ2n) is 4.67. The van der Waals surface area contributed by atoms with E-state index in [-0.39, 0.29) is 0 Å². The molecule has 98 valence electrons. The van der Waals surface area contributed by atoms with Gasteiger partial charge in [0.05, 0.1) is 0 Å². The van der Waals surface area contributed by atoms with Gasteiger partial charge in [-0.1, -0.05) is 17.7 Å². The van der Waals surface area contributed by atoms with Crippen LogP contribution in [0.25, 0.3) is 0 Å². The summed E-state index contributed by atoms with van der Waals surface area (Å²) in [6, 6.07) is 2.55. The van der Waals surface area contributed by atoms with E-state index in [0.717, 1.165) is 24.3 Å². The maximum atomic E-state index is 10.9. The van der Waals surface area contributed by atoms with Gasteiger partial charge in [-0.3, -0.25) is 4.79 Å². The number of benzene rings is 1. The fourth-order valence-electron chi connectivity index (χ4n) is 2.36. The molecule has 1 aromatic rings. The van der Waals surface area contributed by atoms with Gasteiger partial charge in [-0.05, 0) is 37.0 Å². The molecule has 1 aliphatic rings. The second kappa shape index (κ2) is 5.16. The summed E-state index contributed by atoms with van der Waals surface area (Å²) in [5.74, 6) is -1.06. The van der Waals surface area contributed by atoms with E-state index in [1.807, 2.05) is 13.0 Å². The van der Waals surface area contributed by atoms with Crippen molar-refractivity contribution in [1.82, 2.24) is 0 Å². The quantitative estimate of drug-likeness (QED) is 0.883. The van der Waals surface area contributed by atoms with Gasteiger partial charge in [0.2, 0.25) is 0 Å². The van der Waals surface area contributed by atoms with E-state index in [1.54, 1.807) is 6.07 Å². The van der Waals surface area contributed by atoms with Crippen LogP contribution in [0.1, 0.15) is 30.0 Å². The summed E-state index contributed by atoms with van der Waals surface area (Å²) in [6.45, 7) is 4.02. The molecule has 4 nitrogen and oxygen atoms in total. The van der Waals surface area contributed by atoms with Gasteiger partial charge in [-0.15, -0.1) is 0 Å². The fourth-order valence-corrected chi connectivity index (χ4v) is 2.64. The first-order chi connectivity index (χ1) is 8.50. The number of aliphatic carboxylic acids is 1. The number of rotatable bonds is 3. The van der Waals surface area contributed by atoms with Crippen molar-refractivity contribution in [2.75, 3.05) is 18.0 Å². The zero-order chi connectivity index (χ0) is 13.3. The highest BCUT2D eigenvalue weighted by Gasteiger charge is 2.21. The molecule has 1 saturated heterocycles. The fraction of sp³-hybridized carbons (Fsp3) is 0.462. The lowest BCUT2D eigenvalue weighted by Crippen LogP contribution is -2.22. The Morgan fingerprint density at radius 2 is 2.06 bits per heavy atom. The number of hydrogen-bond donors (Lipinski definition) is 2. The molecule has 5 heteroatoms. The maximum Gasteiger partial charge on any atom is 0.325 e. The number of nitrogens with zero attached hydrogens (tertiary/aromatic N) is 1. The first kappa shape index (κ1) is 13.2. The van der Waals surface area contributed by atoms with Gasteiger partial charge in [0, 0.05) is 23.8 Å². The van der Waals surface area contributed by atoms with Gasteiger partial charge in [0.15, 0.2) is 0 Å². The first-order valence-electron chi connectivity index (χ1n) is 6.04. The molecule has 0 aliphatic carbocycles. The summed E-state index contributed by atoms with van der Waals surface area (Å²) in [7, 11) is 0. The molecule has 3 N–H and O–H groups in total. The Hall–Kier alpha value is -1.26. The van der Waals surface area contributed by atoms with Crippen LogP contribution >= 0.6 is 11.6 Å². The highest BCUT2D eigenvalue weighted by Crippen LogP contribution is 2.32. The Labute approximate surface area is 111 Å². The van der Waals surface area contributed by atoms with Crippen LogP contribution in [0, 0.1) is 6.92 Å². The second-order valence-corrected chi connectivity index (χ2v) is 5.08. The van der Waals surface area contributed by atoms with Crippen LogP contribution in [0.3, 0.4) is 0 Å². The number of carboxylic acid groups (broad SMARTS) is 1. The van der Waals surface area contributed by atoms with Crippen LogP contribution in [0.15, 0.2) is 12.1 Å². The van der Waals surface area contributed by atoms with E-state index in [1.165, 1.54) is 12.8 Å². The molecule has 0 amide bonds. The van der Waals surface area contributed by atoms with Crippen molar-refractivity contribution in [3.05, 3.63) is 28.3 Å². The van der Waals surface area contributed by atoms with Crippen molar-refractivity contribution in [1.29, 1.82) is 0 Å². The Morgan fingerprint density at radius 1 is 1.44 bits per heavy atom. The number of carboxylic acids is 1. The summed E-state index contributed by atoms with van der Waals surface area (Å²) < 4.78 is 0. The minimum absolute atomic E-state index is 0.428. The van der Waals surface area contributed by atoms with Gasteiger partial charge in [-0.2, -0.15) is 0 Å². The zero-order valence-electron chi connectivity index (χ0n) is 10.3. The van der Waals surface area contributed by atoms with Crippen LogP contribution in [0.4, 0.5) is 5.69 Å². The van der Waals surface area contributed by atoms with Crippen LogP contribution in [0.2, 0.25) is 5.02 Å². The minimum Gasteiger partial charge on any atom is -0.480 e. The predicted molar refractivity (Wildman–Crippen MR) is 72.2 cm³/mol. The van der Waals surface area contributed by atoms with E-state index in [0.29, 0.717) is 10.6 Å².